The van der Waals surface area contributed by atoms with E-state index in [4.69, 9.17) is 0 Å². The second-order valence-corrected chi connectivity index (χ2v) is 4.16. The molecule has 1 unspecified atom stereocenters. The summed E-state index contributed by atoms with van der Waals surface area (Å²) in [4.78, 5) is 20.3. The molecular weight excluding hydrogens is 264 g/mol. The molecule has 102 valence electrons. The molecule has 2 aromatic rings. The molecule has 19 heavy (non-hydrogen) atoms. The number of halogens is 1. The minimum atomic E-state index is -0.0929. The van der Waals surface area contributed by atoms with Crippen molar-refractivity contribution in [3.05, 3.63) is 36.2 Å². The summed E-state index contributed by atoms with van der Waals surface area (Å²) in [6.07, 6.45) is 3.25. The molecule has 1 amide bonds. The third-order valence-corrected chi connectivity index (χ3v) is 2.79. The van der Waals surface area contributed by atoms with E-state index in [2.05, 4.69) is 20.6 Å². The van der Waals surface area contributed by atoms with Gasteiger partial charge in [-0.1, -0.05) is 0 Å². The summed E-state index contributed by atoms with van der Waals surface area (Å²) in [5, 5.41) is 5.93. The number of hydrogen-bond donors (Lipinski definition) is 2. The maximum Gasteiger partial charge on any atom is 0.251 e. The molecule has 0 aliphatic rings. The average molecular weight is 281 g/mol. The lowest BCUT2D eigenvalue weighted by Gasteiger charge is -2.11. The summed E-state index contributed by atoms with van der Waals surface area (Å²) in [6, 6.07) is 5.56. The molecule has 1 aromatic heterocycles. The first kappa shape index (κ1) is 15.3. The van der Waals surface area contributed by atoms with Crippen molar-refractivity contribution in [3.63, 3.8) is 0 Å². The van der Waals surface area contributed by atoms with Gasteiger partial charge in [-0.15, -0.1) is 12.4 Å². The van der Waals surface area contributed by atoms with Gasteiger partial charge in [-0.3, -0.25) is 14.8 Å². The maximum atomic E-state index is 11.9. The maximum absolute atomic E-state index is 11.9. The fourth-order valence-electron chi connectivity index (χ4n) is 1.55. The SMILES string of the molecule is CNC(C)CNC(=O)c1ccc2nccnc2c1.Cl. The first-order chi connectivity index (χ1) is 8.70. The molecular formula is C13H17ClN4O. The lowest BCUT2D eigenvalue weighted by atomic mass is 10.2. The van der Waals surface area contributed by atoms with Gasteiger partial charge in [-0.25, -0.2) is 0 Å². The van der Waals surface area contributed by atoms with Gasteiger partial charge in [0.15, 0.2) is 0 Å². The van der Waals surface area contributed by atoms with Crippen LogP contribution in [0.15, 0.2) is 30.6 Å². The van der Waals surface area contributed by atoms with Gasteiger partial charge in [-0.05, 0) is 32.2 Å². The standard InChI is InChI=1S/C13H16N4O.ClH/c1-9(14-2)8-17-13(18)10-3-4-11-12(7-10)16-6-5-15-11;/h3-7,9,14H,8H2,1-2H3,(H,17,18);1H. The van der Waals surface area contributed by atoms with Crippen molar-refractivity contribution in [2.45, 2.75) is 13.0 Å². The molecule has 1 heterocycles. The summed E-state index contributed by atoms with van der Waals surface area (Å²) in [6.45, 7) is 2.60. The quantitative estimate of drug-likeness (QED) is 0.888. The van der Waals surface area contributed by atoms with Crippen molar-refractivity contribution < 1.29 is 4.79 Å². The first-order valence-electron chi connectivity index (χ1n) is 5.87. The van der Waals surface area contributed by atoms with Crippen LogP contribution >= 0.6 is 12.4 Å². The van der Waals surface area contributed by atoms with Crippen LogP contribution in [-0.4, -0.2) is 35.5 Å². The number of likely N-dealkylation sites (N-methyl/N-ethyl adjacent to an activating group) is 1. The zero-order valence-corrected chi connectivity index (χ0v) is 11.7. The number of nitrogens with zero attached hydrogens (tertiary/aromatic N) is 2. The van der Waals surface area contributed by atoms with Gasteiger partial charge in [0.25, 0.3) is 5.91 Å². The minimum Gasteiger partial charge on any atom is -0.350 e. The highest BCUT2D eigenvalue weighted by Gasteiger charge is 2.08. The molecule has 0 aliphatic carbocycles. The molecule has 0 spiro atoms. The second kappa shape index (κ2) is 7.01. The van der Waals surface area contributed by atoms with Crippen molar-refractivity contribution in [3.8, 4) is 0 Å². The van der Waals surface area contributed by atoms with Crippen molar-refractivity contribution in [1.29, 1.82) is 0 Å². The highest BCUT2D eigenvalue weighted by atomic mass is 35.5. The Kier molecular flexibility index (Phi) is 5.66. The van der Waals surface area contributed by atoms with Crippen LogP contribution < -0.4 is 10.6 Å². The number of hydrogen-bond acceptors (Lipinski definition) is 4. The number of rotatable bonds is 4. The highest BCUT2D eigenvalue weighted by molar-refractivity contribution is 5.97. The molecule has 2 N–H and O–H groups in total. The Morgan fingerprint density at radius 1 is 1.26 bits per heavy atom. The molecule has 2 rings (SSSR count). The highest BCUT2D eigenvalue weighted by Crippen LogP contribution is 2.10. The molecule has 0 fully saturated rings. The third kappa shape index (κ3) is 3.87. The van der Waals surface area contributed by atoms with Crippen LogP contribution in [0.25, 0.3) is 11.0 Å². The monoisotopic (exact) mass is 280 g/mol. The van der Waals surface area contributed by atoms with E-state index in [9.17, 15) is 4.79 Å². The molecule has 0 saturated heterocycles. The van der Waals surface area contributed by atoms with Gasteiger partial charge < -0.3 is 10.6 Å². The Morgan fingerprint density at radius 3 is 2.63 bits per heavy atom. The van der Waals surface area contributed by atoms with Crippen LogP contribution in [0.2, 0.25) is 0 Å². The Morgan fingerprint density at radius 2 is 1.95 bits per heavy atom. The zero-order valence-electron chi connectivity index (χ0n) is 10.9. The number of carbonyl (C=O) groups is 1. The third-order valence-electron chi connectivity index (χ3n) is 2.79. The topological polar surface area (TPSA) is 66.9 Å². The van der Waals surface area contributed by atoms with Crippen LogP contribution in [0, 0.1) is 0 Å². The molecule has 1 aromatic carbocycles. The smallest absolute Gasteiger partial charge is 0.251 e. The summed E-state index contributed by atoms with van der Waals surface area (Å²) in [7, 11) is 1.86. The van der Waals surface area contributed by atoms with Gasteiger partial charge in [0.2, 0.25) is 0 Å². The van der Waals surface area contributed by atoms with Crippen LogP contribution in [0.3, 0.4) is 0 Å². The molecule has 1 atom stereocenters. The van der Waals surface area contributed by atoms with E-state index in [0.29, 0.717) is 12.1 Å². The van der Waals surface area contributed by atoms with Gasteiger partial charge in [0.05, 0.1) is 11.0 Å². The Hall–Kier alpha value is -1.72. The van der Waals surface area contributed by atoms with Crippen LogP contribution in [0.5, 0.6) is 0 Å². The molecule has 0 aliphatic heterocycles. The van der Waals surface area contributed by atoms with E-state index in [1.807, 2.05) is 14.0 Å². The van der Waals surface area contributed by atoms with E-state index >= 15 is 0 Å². The summed E-state index contributed by atoms with van der Waals surface area (Å²) in [5.74, 6) is -0.0929. The van der Waals surface area contributed by atoms with Crippen LogP contribution in [-0.2, 0) is 0 Å². The predicted octanol–water partition coefficient (Wildman–Crippen LogP) is 1.39. The van der Waals surface area contributed by atoms with Gasteiger partial charge in [0.1, 0.15) is 0 Å². The van der Waals surface area contributed by atoms with Crippen molar-refractivity contribution >= 4 is 29.3 Å². The lowest BCUT2D eigenvalue weighted by molar-refractivity contribution is 0.0950. The van der Waals surface area contributed by atoms with E-state index in [0.717, 1.165) is 11.0 Å². The minimum absolute atomic E-state index is 0. The zero-order chi connectivity index (χ0) is 13.0. The van der Waals surface area contributed by atoms with E-state index < -0.39 is 0 Å². The number of amides is 1. The van der Waals surface area contributed by atoms with Crippen molar-refractivity contribution in [2.75, 3.05) is 13.6 Å². The largest absolute Gasteiger partial charge is 0.350 e. The molecule has 0 radical (unpaired) electrons. The lowest BCUT2D eigenvalue weighted by Crippen LogP contribution is -2.37. The summed E-state index contributed by atoms with van der Waals surface area (Å²) in [5.41, 5.74) is 2.12. The second-order valence-electron chi connectivity index (χ2n) is 4.16. The van der Waals surface area contributed by atoms with Gasteiger partial charge >= 0.3 is 0 Å². The number of carbonyl (C=O) groups excluding carboxylic acids is 1. The molecule has 5 nitrogen and oxygen atoms in total. The van der Waals surface area contributed by atoms with Crippen molar-refractivity contribution in [2.24, 2.45) is 0 Å². The predicted molar refractivity (Wildman–Crippen MR) is 77.6 cm³/mol. The number of fused-ring (bicyclic) bond motifs is 1. The normalized spacial score (nSPS) is 11.7. The van der Waals surface area contributed by atoms with Gasteiger partial charge in [0, 0.05) is 30.5 Å². The van der Waals surface area contributed by atoms with E-state index in [1.165, 1.54) is 0 Å². The number of benzene rings is 1. The Labute approximate surface area is 118 Å². The van der Waals surface area contributed by atoms with Crippen LogP contribution in [0.4, 0.5) is 0 Å². The summed E-state index contributed by atoms with van der Waals surface area (Å²) >= 11 is 0. The molecule has 6 heteroatoms. The first-order valence-corrected chi connectivity index (χ1v) is 5.87. The average Bonchev–Trinajstić information content (AvgIpc) is 2.43. The van der Waals surface area contributed by atoms with Crippen LogP contribution in [0.1, 0.15) is 17.3 Å². The Bertz CT molecular complexity index is 561. The molecule has 0 saturated carbocycles. The fourth-order valence-corrected chi connectivity index (χ4v) is 1.55. The van der Waals surface area contributed by atoms with Gasteiger partial charge in [-0.2, -0.15) is 0 Å². The fraction of sp³-hybridized carbons (Fsp3) is 0.308. The molecule has 0 bridgehead atoms. The van der Waals surface area contributed by atoms with E-state index in [-0.39, 0.29) is 24.4 Å². The van der Waals surface area contributed by atoms with E-state index in [1.54, 1.807) is 30.6 Å². The number of nitrogens with one attached hydrogen (secondary N) is 2. The Balaban J connectivity index is 0.00000180. The number of aromatic nitrogens is 2. The summed E-state index contributed by atoms with van der Waals surface area (Å²) < 4.78 is 0. The van der Waals surface area contributed by atoms with Crippen molar-refractivity contribution in [1.82, 2.24) is 20.6 Å².